The normalized spacial score (nSPS) is 11.2. The van der Waals surface area contributed by atoms with Gasteiger partial charge in [-0.15, -0.1) is 0 Å². The minimum Gasteiger partial charge on any atom is -0.0616 e. The summed E-state index contributed by atoms with van der Waals surface area (Å²) in [5.74, 6) is 0. The third-order valence-electron chi connectivity index (χ3n) is 3.15. The second-order valence-corrected chi connectivity index (χ2v) is 5.37. The summed E-state index contributed by atoms with van der Waals surface area (Å²) in [5, 5.41) is 2.57. The summed E-state index contributed by atoms with van der Waals surface area (Å²) in [6, 6.07) is 23.2. The lowest BCUT2D eigenvalue weighted by Gasteiger charge is -2.01. The molecule has 0 saturated heterocycles. The Morgan fingerprint density at radius 2 is 1.42 bits per heavy atom. The second kappa shape index (κ2) is 5.41. The molecule has 0 aliphatic rings. The minimum absolute atomic E-state index is 1.11. The van der Waals surface area contributed by atoms with Crippen molar-refractivity contribution < 1.29 is 0 Å². The molecule has 0 aliphatic heterocycles. The Morgan fingerprint density at radius 1 is 0.684 bits per heavy atom. The quantitative estimate of drug-likeness (QED) is 0.527. The van der Waals surface area contributed by atoms with E-state index in [4.69, 9.17) is 0 Å². The smallest absolute Gasteiger partial charge is 0.0175 e. The van der Waals surface area contributed by atoms with E-state index in [1.54, 1.807) is 0 Å². The zero-order valence-electron chi connectivity index (χ0n) is 10.4. The van der Waals surface area contributed by atoms with Gasteiger partial charge in [0.2, 0.25) is 0 Å². The van der Waals surface area contributed by atoms with Crippen LogP contribution in [0, 0.1) is 0 Å². The molecule has 0 unspecified atom stereocenters. The lowest BCUT2D eigenvalue weighted by Crippen LogP contribution is -1.77. The van der Waals surface area contributed by atoms with Crippen molar-refractivity contribution in [2.75, 3.05) is 0 Å². The Bertz CT molecular complexity index is 719. The van der Waals surface area contributed by atoms with Crippen LogP contribution in [0.5, 0.6) is 0 Å². The molecule has 0 heterocycles. The van der Waals surface area contributed by atoms with E-state index in [-0.39, 0.29) is 0 Å². The van der Waals surface area contributed by atoms with Gasteiger partial charge in [0.15, 0.2) is 0 Å². The molecule has 0 nitrogen and oxygen atoms in total. The van der Waals surface area contributed by atoms with Crippen molar-refractivity contribution in [3.8, 4) is 0 Å². The molecule has 3 aromatic rings. The van der Waals surface area contributed by atoms with Crippen LogP contribution in [0.3, 0.4) is 0 Å². The van der Waals surface area contributed by atoms with Gasteiger partial charge < -0.3 is 0 Å². The van der Waals surface area contributed by atoms with Crippen LogP contribution in [-0.2, 0) is 0 Å². The first-order valence-electron chi connectivity index (χ1n) is 6.24. The molecule has 0 saturated carbocycles. The molecule has 0 atom stereocenters. The molecule has 0 fully saturated rings. The third kappa shape index (κ3) is 2.77. The average molecular weight is 309 g/mol. The predicted molar refractivity (Wildman–Crippen MR) is 87.0 cm³/mol. The summed E-state index contributed by atoms with van der Waals surface area (Å²) in [6.45, 7) is 0. The van der Waals surface area contributed by atoms with Gasteiger partial charge in [0.1, 0.15) is 0 Å². The Kier molecular flexibility index (Phi) is 3.47. The molecule has 0 radical (unpaired) electrons. The summed E-state index contributed by atoms with van der Waals surface area (Å²) >= 11 is 3.45. The fourth-order valence-electron chi connectivity index (χ4n) is 2.16. The van der Waals surface area contributed by atoms with Gasteiger partial charge in [-0.05, 0) is 34.0 Å². The number of fused-ring (bicyclic) bond motifs is 1. The summed E-state index contributed by atoms with van der Waals surface area (Å²) < 4.78 is 1.11. The largest absolute Gasteiger partial charge is 0.0616 e. The topological polar surface area (TPSA) is 0 Å². The maximum absolute atomic E-state index is 3.45. The standard InChI is InChI=1S/C18H13Br/c19-17-12-9-14(10-13-17)8-11-16-6-3-5-15-4-1-2-7-18(15)16/h1-13H/b11-8+. The van der Waals surface area contributed by atoms with Crippen LogP contribution in [-0.4, -0.2) is 0 Å². The summed E-state index contributed by atoms with van der Waals surface area (Å²) in [7, 11) is 0. The van der Waals surface area contributed by atoms with Crippen LogP contribution >= 0.6 is 15.9 Å². The monoisotopic (exact) mass is 308 g/mol. The summed E-state index contributed by atoms with van der Waals surface area (Å²) in [5.41, 5.74) is 2.46. The van der Waals surface area contributed by atoms with Gasteiger partial charge in [-0.1, -0.05) is 82.7 Å². The molecule has 3 rings (SSSR count). The van der Waals surface area contributed by atoms with E-state index in [2.05, 4.69) is 94.8 Å². The molecule has 0 spiro atoms. The van der Waals surface area contributed by atoms with Gasteiger partial charge in [0, 0.05) is 4.47 Å². The third-order valence-corrected chi connectivity index (χ3v) is 3.68. The van der Waals surface area contributed by atoms with Crippen molar-refractivity contribution in [1.29, 1.82) is 0 Å². The van der Waals surface area contributed by atoms with Crippen LogP contribution in [0.4, 0.5) is 0 Å². The van der Waals surface area contributed by atoms with Gasteiger partial charge >= 0.3 is 0 Å². The summed E-state index contributed by atoms with van der Waals surface area (Å²) in [6.07, 6.45) is 4.32. The highest BCUT2D eigenvalue weighted by Crippen LogP contribution is 2.21. The zero-order chi connectivity index (χ0) is 13.1. The van der Waals surface area contributed by atoms with E-state index in [0.717, 1.165) is 4.47 Å². The molecule has 1 heteroatoms. The maximum Gasteiger partial charge on any atom is 0.0175 e. The van der Waals surface area contributed by atoms with Crippen LogP contribution in [0.15, 0.2) is 71.2 Å². The number of hydrogen-bond donors (Lipinski definition) is 0. The lowest BCUT2D eigenvalue weighted by molar-refractivity contribution is 1.62. The van der Waals surface area contributed by atoms with Crippen LogP contribution < -0.4 is 0 Å². The fraction of sp³-hybridized carbons (Fsp3) is 0. The van der Waals surface area contributed by atoms with Gasteiger partial charge in [0.25, 0.3) is 0 Å². The molecule has 19 heavy (non-hydrogen) atoms. The molecule has 3 aromatic carbocycles. The van der Waals surface area contributed by atoms with Crippen LogP contribution in [0.1, 0.15) is 11.1 Å². The SMILES string of the molecule is Brc1ccc(/C=C/c2cccc3ccccc23)cc1. The molecule has 0 aliphatic carbocycles. The van der Waals surface area contributed by atoms with E-state index in [9.17, 15) is 0 Å². The molecule has 0 amide bonds. The van der Waals surface area contributed by atoms with Crippen LogP contribution in [0.25, 0.3) is 22.9 Å². The average Bonchev–Trinajstić information content (AvgIpc) is 2.47. The van der Waals surface area contributed by atoms with Crippen molar-refractivity contribution in [1.82, 2.24) is 0 Å². The van der Waals surface area contributed by atoms with E-state index in [1.165, 1.54) is 21.9 Å². The maximum atomic E-state index is 3.45. The highest BCUT2D eigenvalue weighted by atomic mass is 79.9. The molecule has 0 N–H and O–H groups in total. The lowest BCUT2D eigenvalue weighted by atomic mass is 10.0. The van der Waals surface area contributed by atoms with E-state index < -0.39 is 0 Å². The first-order valence-corrected chi connectivity index (χ1v) is 7.04. The second-order valence-electron chi connectivity index (χ2n) is 4.45. The Morgan fingerprint density at radius 3 is 2.26 bits per heavy atom. The van der Waals surface area contributed by atoms with E-state index in [1.807, 2.05) is 0 Å². The van der Waals surface area contributed by atoms with Gasteiger partial charge in [0.05, 0.1) is 0 Å². The highest BCUT2D eigenvalue weighted by molar-refractivity contribution is 9.10. The molecule has 0 bridgehead atoms. The molecular weight excluding hydrogens is 296 g/mol. The van der Waals surface area contributed by atoms with Gasteiger partial charge in [-0.3, -0.25) is 0 Å². The first kappa shape index (κ1) is 12.2. The Labute approximate surface area is 121 Å². The molecular formula is C18H13Br. The van der Waals surface area contributed by atoms with E-state index >= 15 is 0 Å². The number of rotatable bonds is 2. The van der Waals surface area contributed by atoms with Crippen molar-refractivity contribution >= 4 is 38.9 Å². The first-order chi connectivity index (χ1) is 9.33. The predicted octanol–water partition coefficient (Wildman–Crippen LogP) is 5.77. The highest BCUT2D eigenvalue weighted by Gasteiger charge is 1.96. The number of benzene rings is 3. The number of halogens is 1. The Balaban J connectivity index is 1.99. The van der Waals surface area contributed by atoms with Crippen molar-refractivity contribution in [3.05, 3.63) is 82.3 Å². The van der Waals surface area contributed by atoms with E-state index in [0.29, 0.717) is 0 Å². The zero-order valence-corrected chi connectivity index (χ0v) is 12.0. The van der Waals surface area contributed by atoms with Gasteiger partial charge in [-0.2, -0.15) is 0 Å². The fourth-order valence-corrected chi connectivity index (χ4v) is 2.42. The minimum atomic E-state index is 1.11. The summed E-state index contributed by atoms with van der Waals surface area (Å²) in [4.78, 5) is 0. The van der Waals surface area contributed by atoms with Crippen molar-refractivity contribution in [2.24, 2.45) is 0 Å². The molecule has 0 aromatic heterocycles. The Hall–Kier alpha value is -1.86. The van der Waals surface area contributed by atoms with Crippen molar-refractivity contribution in [3.63, 3.8) is 0 Å². The number of hydrogen-bond acceptors (Lipinski definition) is 0. The van der Waals surface area contributed by atoms with Gasteiger partial charge in [-0.25, -0.2) is 0 Å². The molecule has 92 valence electrons. The van der Waals surface area contributed by atoms with Crippen molar-refractivity contribution in [2.45, 2.75) is 0 Å². The van der Waals surface area contributed by atoms with Crippen LogP contribution in [0.2, 0.25) is 0 Å².